The number of rotatable bonds is 12. The molecule has 2 N–H and O–H groups in total. The van der Waals surface area contributed by atoms with Gasteiger partial charge in [0.25, 0.3) is 0 Å². The molecule has 1 saturated carbocycles. The monoisotopic (exact) mass is 366 g/mol. The molecule has 1 aliphatic rings. The van der Waals surface area contributed by atoms with Crippen LogP contribution in [0.25, 0.3) is 0 Å². The topological polar surface area (TPSA) is 83.8 Å². The van der Waals surface area contributed by atoms with Gasteiger partial charge in [-0.2, -0.15) is 0 Å². The number of aliphatic hydroxyl groups excluding tert-OH is 2. The lowest BCUT2D eigenvalue weighted by Gasteiger charge is -2.16. The van der Waals surface area contributed by atoms with Gasteiger partial charge in [-0.1, -0.05) is 50.5 Å². The minimum Gasteiger partial charge on any atom is -0.469 e. The van der Waals surface area contributed by atoms with Gasteiger partial charge in [0.15, 0.2) is 0 Å². The van der Waals surface area contributed by atoms with Gasteiger partial charge in [0.2, 0.25) is 0 Å². The van der Waals surface area contributed by atoms with Crippen molar-refractivity contribution in [3.05, 3.63) is 24.3 Å². The van der Waals surface area contributed by atoms with Crippen LogP contribution < -0.4 is 0 Å². The molecule has 0 spiro atoms. The third-order valence-electron chi connectivity index (χ3n) is 4.93. The number of esters is 1. The first-order chi connectivity index (χ1) is 12.5. The van der Waals surface area contributed by atoms with Gasteiger partial charge in [0.1, 0.15) is 5.78 Å². The molecule has 1 rings (SSSR count). The van der Waals surface area contributed by atoms with Crippen LogP contribution in [0.5, 0.6) is 0 Å². The summed E-state index contributed by atoms with van der Waals surface area (Å²) in [5, 5.41) is 20.2. The summed E-state index contributed by atoms with van der Waals surface area (Å²) < 4.78 is 4.59. The summed E-state index contributed by atoms with van der Waals surface area (Å²) >= 11 is 0. The number of ether oxygens (including phenoxy) is 1. The van der Waals surface area contributed by atoms with Gasteiger partial charge in [-0.3, -0.25) is 9.59 Å². The fourth-order valence-electron chi connectivity index (χ4n) is 3.31. The summed E-state index contributed by atoms with van der Waals surface area (Å²) in [7, 11) is 1.38. The number of unbranched alkanes of at least 4 members (excludes halogenated alkanes) is 3. The predicted molar refractivity (Wildman–Crippen MR) is 102 cm³/mol. The second kappa shape index (κ2) is 12.8. The summed E-state index contributed by atoms with van der Waals surface area (Å²) in [6.07, 6.45) is 12.8. The molecule has 148 valence electrons. The van der Waals surface area contributed by atoms with E-state index in [0.717, 1.165) is 32.1 Å². The predicted octanol–water partition coefficient (Wildman–Crippen LogP) is 3.34. The Morgan fingerprint density at radius 1 is 1.31 bits per heavy atom. The molecule has 0 saturated heterocycles. The highest BCUT2D eigenvalue weighted by molar-refractivity contribution is 5.84. The summed E-state index contributed by atoms with van der Waals surface area (Å²) in [6.45, 7) is 2.12. The Kier molecular flexibility index (Phi) is 11.1. The van der Waals surface area contributed by atoms with Crippen LogP contribution in [0.3, 0.4) is 0 Å². The van der Waals surface area contributed by atoms with Crippen molar-refractivity contribution >= 4 is 11.8 Å². The fourth-order valence-corrected chi connectivity index (χ4v) is 3.31. The highest BCUT2D eigenvalue weighted by Gasteiger charge is 2.39. The number of hydrogen-bond acceptors (Lipinski definition) is 5. The smallest absolute Gasteiger partial charge is 0.305 e. The van der Waals surface area contributed by atoms with E-state index in [9.17, 15) is 19.8 Å². The molecule has 0 heterocycles. The molecular weight excluding hydrogens is 332 g/mol. The molecular formula is C21H34O5. The Hall–Kier alpha value is -1.46. The SMILES string of the molecule is CCCCCC(O)/C=C/[C@H]1C(O)CC(=O)C1C/C=C/CCCC(=O)OC. The average molecular weight is 366 g/mol. The summed E-state index contributed by atoms with van der Waals surface area (Å²) in [6, 6.07) is 0. The zero-order chi connectivity index (χ0) is 19.4. The van der Waals surface area contributed by atoms with Gasteiger partial charge >= 0.3 is 5.97 Å². The van der Waals surface area contributed by atoms with Crippen molar-refractivity contribution < 1.29 is 24.5 Å². The third-order valence-corrected chi connectivity index (χ3v) is 4.93. The standard InChI is InChI=1S/C21H34O5/c1-3-4-7-10-16(22)13-14-18-17(19(23)15-20(18)24)11-8-5-6-9-12-21(25)26-2/h5,8,13-14,16-18,20,22,24H,3-4,6-7,9-12,15H2,1-2H3/b8-5+,14-13+/t16?,17?,18-,20?/m1/s1. The molecule has 0 aromatic carbocycles. The van der Waals surface area contributed by atoms with Crippen LogP contribution in [-0.4, -0.2) is 41.3 Å². The second-order valence-corrected chi connectivity index (χ2v) is 7.05. The largest absolute Gasteiger partial charge is 0.469 e. The van der Waals surface area contributed by atoms with E-state index in [1.807, 2.05) is 18.2 Å². The summed E-state index contributed by atoms with van der Waals surface area (Å²) in [5.41, 5.74) is 0. The van der Waals surface area contributed by atoms with E-state index in [0.29, 0.717) is 19.3 Å². The Morgan fingerprint density at radius 3 is 2.77 bits per heavy atom. The summed E-state index contributed by atoms with van der Waals surface area (Å²) in [5.74, 6) is -0.606. The van der Waals surface area contributed by atoms with Crippen molar-refractivity contribution in [2.45, 2.75) is 76.9 Å². The van der Waals surface area contributed by atoms with Crippen LogP contribution >= 0.6 is 0 Å². The molecule has 26 heavy (non-hydrogen) atoms. The molecule has 0 radical (unpaired) electrons. The van der Waals surface area contributed by atoms with Crippen molar-refractivity contribution in [1.82, 2.24) is 0 Å². The molecule has 1 aliphatic carbocycles. The van der Waals surface area contributed by atoms with Crippen LogP contribution in [-0.2, 0) is 14.3 Å². The zero-order valence-electron chi connectivity index (χ0n) is 16.1. The molecule has 0 aromatic rings. The molecule has 0 aromatic heterocycles. The van der Waals surface area contributed by atoms with Crippen LogP contribution in [0.1, 0.15) is 64.7 Å². The Morgan fingerprint density at radius 2 is 2.08 bits per heavy atom. The van der Waals surface area contributed by atoms with Crippen molar-refractivity contribution in [2.24, 2.45) is 11.8 Å². The number of carbonyl (C=O) groups excluding carboxylic acids is 2. The average Bonchev–Trinajstić information content (AvgIpc) is 2.89. The maximum atomic E-state index is 12.1. The first kappa shape index (κ1) is 22.6. The van der Waals surface area contributed by atoms with Gasteiger partial charge in [-0.25, -0.2) is 0 Å². The van der Waals surface area contributed by atoms with E-state index in [4.69, 9.17) is 0 Å². The van der Waals surface area contributed by atoms with Crippen LogP contribution in [0, 0.1) is 11.8 Å². The molecule has 5 heteroatoms. The molecule has 0 amide bonds. The molecule has 4 atom stereocenters. The van der Waals surface area contributed by atoms with Crippen molar-refractivity contribution in [2.75, 3.05) is 7.11 Å². The Bertz CT molecular complexity index is 483. The van der Waals surface area contributed by atoms with E-state index in [2.05, 4.69) is 11.7 Å². The maximum Gasteiger partial charge on any atom is 0.305 e. The van der Waals surface area contributed by atoms with Gasteiger partial charge in [-0.15, -0.1) is 0 Å². The first-order valence-corrected chi connectivity index (χ1v) is 9.78. The van der Waals surface area contributed by atoms with Crippen LogP contribution in [0.15, 0.2) is 24.3 Å². The molecule has 1 fully saturated rings. The number of Topliss-reactive ketones (excluding diaryl/α,β-unsaturated/α-hetero) is 1. The lowest BCUT2D eigenvalue weighted by molar-refractivity contribution is -0.140. The maximum absolute atomic E-state index is 12.1. The highest BCUT2D eigenvalue weighted by atomic mass is 16.5. The highest BCUT2D eigenvalue weighted by Crippen LogP contribution is 2.33. The minimum atomic E-state index is -0.667. The van der Waals surface area contributed by atoms with E-state index >= 15 is 0 Å². The molecule has 3 unspecified atom stereocenters. The Labute approximate surface area is 157 Å². The molecule has 5 nitrogen and oxygen atoms in total. The van der Waals surface area contributed by atoms with Gasteiger partial charge < -0.3 is 14.9 Å². The van der Waals surface area contributed by atoms with E-state index in [-0.39, 0.29) is 30.0 Å². The normalized spacial score (nSPS) is 24.6. The lowest BCUT2D eigenvalue weighted by atomic mass is 9.90. The second-order valence-electron chi connectivity index (χ2n) is 7.05. The lowest BCUT2D eigenvalue weighted by Crippen LogP contribution is -2.18. The zero-order valence-corrected chi connectivity index (χ0v) is 16.1. The number of ketones is 1. The van der Waals surface area contributed by atoms with Crippen LogP contribution in [0.2, 0.25) is 0 Å². The van der Waals surface area contributed by atoms with Gasteiger partial charge in [-0.05, 0) is 25.7 Å². The third kappa shape index (κ3) is 8.28. The molecule has 0 aliphatic heterocycles. The summed E-state index contributed by atoms with van der Waals surface area (Å²) in [4.78, 5) is 23.2. The van der Waals surface area contributed by atoms with E-state index in [1.165, 1.54) is 7.11 Å². The number of carbonyl (C=O) groups is 2. The number of aliphatic hydroxyl groups is 2. The van der Waals surface area contributed by atoms with Crippen molar-refractivity contribution in [3.63, 3.8) is 0 Å². The Balaban J connectivity index is 2.46. The van der Waals surface area contributed by atoms with Crippen molar-refractivity contribution in [3.8, 4) is 0 Å². The first-order valence-electron chi connectivity index (χ1n) is 9.78. The molecule has 0 bridgehead atoms. The number of methoxy groups -OCH3 is 1. The van der Waals surface area contributed by atoms with E-state index in [1.54, 1.807) is 6.08 Å². The fraction of sp³-hybridized carbons (Fsp3) is 0.714. The van der Waals surface area contributed by atoms with Gasteiger partial charge in [0, 0.05) is 24.7 Å². The van der Waals surface area contributed by atoms with E-state index < -0.39 is 12.2 Å². The van der Waals surface area contributed by atoms with Gasteiger partial charge in [0.05, 0.1) is 19.3 Å². The number of allylic oxidation sites excluding steroid dienone is 2. The number of hydrogen-bond donors (Lipinski definition) is 2. The van der Waals surface area contributed by atoms with Crippen molar-refractivity contribution in [1.29, 1.82) is 0 Å². The quantitative estimate of drug-likeness (QED) is 0.314. The minimum absolute atomic E-state index is 0.0758. The van der Waals surface area contributed by atoms with Crippen LogP contribution in [0.4, 0.5) is 0 Å².